The highest BCUT2D eigenvalue weighted by molar-refractivity contribution is 5.85. The van der Waals surface area contributed by atoms with Crippen LogP contribution in [0.1, 0.15) is 38.2 Å². The summed E-state index contributed by atoms with van der Waals surface area (Å²) in [6, 6.07) is 10.2. The van der Waals surface area contributed by atoms with Crippen LogP contribution in [0, 0.1) is 5.92 Å². The lowest BCUT2D eigenvalue weighted by Crippen LogP contribution is -2.43. The summed E-state index contributed by atoms with van der Waals surface area (Å²) in [5.74, 6) is 0.425. The number of carbonyl (C=O) groups is 1. The molecule has 1 aromatic rings. The van der Waals surface area contributed by atoms with Gasteiger partial charge in [-0.15, -0.1) is 0 Å². The molecular weight excluding hydrogens is 314 g/mol. The van der Waals surface area contributed by atoms with Crippen molar-refractivity contribution < 1.29 is 9.63 Å². The van der Waals surface area contributed by atoms with E-state index in [1.54, 1.807) is 0 Å². The van der Waals surface area contributed by atoms with E-state index in [1.807, 2.05) is 30.1 Å². The zero-order chi connectivity index (χ0) is 17.6. The molecule has 25 heavy (non-hydrogen) atoms. The number of benzene rings is 1. The van der Waals surface area contributed by atoms with Crippen LogP contribution in [0.25, 0.3) is 0 Å². The Hall–Kier alpha value is -1.88. The van der Waals surface area contributed by atoms with Crippen LogP contribution in [0.5, 0.6) is 0 Å². The van der Waals surface area contributed by atoms with Crippen molar-refractivity contribution in [2.45, 2.75) is 45.3 Å². The van der Waals surface area contributed by atoms with Gasteiger partial charge in [0.25, 0.3) is 0 Å². The third-order valence-electron chi connectivity index (χ3n) is 5.24. The number of carbonyl (C=O) groups excluding carboxylic acids is 1. The second kappa shape index (κ2) is 8.48. The van der Waals surface area contributed by atoms with Gasteiger partial charge in [0, 0.05) is 32.5 Å². The Labute approximate surface area is 150 Å². The van der Waals surface area contributed by atoms with Crippen LogP contribution in [0.4, 0.5) is 0 Å². The normalized spacial score (nSPS) is 21.7. The summed E-state index contributed by atoms with van der Waals surface area (Å²) in [4.78, 5) is 22.5. The van der Waals surface area contributed by atoms with Crippen molar-refractivity contribution in [3.05, 3.63) is 35.9 Å². The second-order valence-electron chi connectivity index (χ2n) is 7.20. The van der Waals surface area contributed by atoms with Gasteiger partial charge < -0.3 is 9.74 Å². The fourth-order valence-electron chi connectivity index (χ4n) is 3.69. The van der Waals surface area contributed by atoms with E-state index in [2.05, 4.69) is 29.1 Å². The van der Waals surface area contributed by atoms with Crippen molar-refractivity contribution in [1.82, 2.24) is 9.80 Å². The lowest BCUT2D eigenvalue weighted by atomic mass is 9.94. The van der Waals surface area contributed by atoms with E-state index in [-0.39, 0.29) is 17.9 Å². The molecular formula is C20H29N3O2. The molecule has 1 amide bonds. The quantitative estimate of drug-likeness (QED) is 0.798. The molecule has 0 radical (unpaired) electrons. The predicted octanol–water partition coefficient (Wildman–Crippen LogP) is 2.91. The Balaban J connectivity index is 1.41. The Morgan fingerprint density at radius 2 is 2.00 bits per heavy atom. The summed E-state index contributed by atoms with van der Waals surface area (Å²) >= 11 is 0. The van der Waals surface area contributed by atoms with Gasteiger partial charge in [0.2, 0.25) is 5.91 Å². The molecule has 1 fully saturated rings. The van der Waals surface area contributed by atoms with E-state index in [1.165, 1.54) is 5.56 Å². The van der Waals surface area contributed by atoms with E-state index in [4.69, 9.17) is 4.84 Å². The third kappa shape index (κ3) is 4.82. The Morgan fingerprint density at radius 3 is 2.64 bits per heavy atom. The minimum atomic E-state index is 0.150. The largest absolute Gasteiger partial charge is 0.391 e. The first-order valence-electron chi connectivity index (χ1n) is 9.38. The fraction of sp³-hybridized carbons (Fsp3) is 0.600. The minimum absolute atomic E-state index is 0.150. The van der Waals surface area contributed by atoms with Crippen molar-refractivity contribution >= 4 is 11.6 Å². The third-order valence-corrected chi connectivity index (χ3v) is 5.24. The van der Waals surface area contributed by atoms with Gasteiger partial charge in [-0.25, -0.2) is 0 Å². The van der Waals surface area contributed by atoms with Crippen molar-refractivity contribution in [1.29, 1.82) is 0 Å². The van der Waals surface area contributed by atoms with Crippen LogP contribution in [0.15, 0.2) is 35.5 Å². The molecule has 0 unspecified atom stereocenters. The molecule has 3 rings (SSSR count). The number of hydrogen-bond acceptors (Lipinski definition) is 4. The van der Waals surface area contributed by atoms with Crippen molar-refractivity contribution in [2.24, 2.45) is 11.1 Å². The monoisotopic (exact) mass is 343 g/mol. The lowest BCUT2D eigenvalue weighted by molar-refractivity contribution is -0.136. The van der Waals surface area contributed by atoms with Gasteiger partial charge >= 0.3 is 0 Å². The number of piperidine rings is 1. The average Bonchev–Trinajstić information content (AvgIpc) is 3.10. The Kier molecular flexibility index (Phi) is 6.08. The SMILES string of the molecule is CCC1=NO[C@H](CN2CCC(C(=O)N(C)Cc3ccccc3)CC2)C1. The van der Waals surface area contributed by atoms with Crippen LogP contribution in [0.2, 0.25) is 0 Å². The highest BCUT2D eigenvalue weighted by Gasteiger charge is 2.29. The van der Waals surface area contributed by atoms with Gasteiger partial charge in [0.1, 0.15) is 6.10 Å². The van der Waals surface area contributed by atoms with E-state index >= 15 is 0 Å². The van der Waals surface area contributed by atoms with Gasteiger partial charge in [-0.1, -0.05) is 42.4 Å². The topological polar surface area (TPSA) is 45.1 Å². The van der Waals surface area contributed by atoms with Gasteiger partial charge in [0.15, 0.2) is 0 Å². The molecule has 2 heterocycles. The molecule has 1 saturated heterocycles. The smallest absolute Gasteiger partial charge is 0.225 e. The number of oxime groups is 1. The second-order valence-corrected chi connectivity index (χ2v) is 7.20. The molecule has 0 saturated carbocycles. The number of amides is 1. The van der Waals surface area contributed by atoms with Crippen LogP contribution >= 0.6 is 0 Å². The molecule has 0 bridgehead atoms. The first-order valence-corrected chi connectivity index (χ1v) is 9.38. The maximum Gasteiger partial charge on any atom is 0.225 e. The molecule has 0 aromatic heterocycles. The van der Waals surface area contributed by atoms with Crippen LogP contribution < -0.4 is 0 Å². The molecule has 136 valence electrons. The Morgan fingerprint density at radius 1 is 1.28 bits per heavy atom. The van der Waals surface area contributed by atoms with Gasteiger partial charge in [0.05, 0.1) is 5.71 Å². The van der Waals surface area contributed by atoms with E-state index in [0.717, 1.165) is 51.0 Å². The molecule has 0 aliphatic carbocycles. The summed E-state index contributed by atoms with van der Waals surface area (Å²) in [7, 11) is 1.91. The number of nitrogens with zero attached hydrogens (tertiary/aromatic N) is 3. The van der Waals surface area contributed by atoms with Crippen LogP contribution in [-0.4, -0.2) is 54.2 Å². The summed E-state index contributed by atoms with van der Waals surface area (Å²) in [6.45, 7) is 5.67. The molecule has 5 nitrogen and oxygen atoms in total. The van der Waals surface area contributed by atoms with E-state index < -0.39 is 0 Å². The Bertz CT molecular complexity index is 594. The summed E-state index contributed by atoms with van der Waals surface area (Å²) < 4.78 is 0. The molecule has 2 aliphatic rings. The van der Waals surface area contributed by atoms with Crippen LogP contribution in [0.3, 0.4) is 0 Å². The molecule has 1 atom stereocenters. The average molecular weight is 343 g/mol. The molecule has 0 spiro atoms. The van der Waals surface area contributed by atoms with Crippen molar-refractivity contribution in [2.75, 3.05) is 26.7 Å². The highest BCUT2D eigenvalue weighted by Crippen LogP contribution is 2.22. The van der Waals surface area contributed by atoms with Gasteiger partial charge in [-0.05, 0) is 37.9 Å². The highest BCUT2D eigenvalue weighted by atomic mass is 16.6. The van der Waals surface area contributed by atoms with Crippen molar-refractivity contribution in [3.8, 4) is 0 Å². The molecule has 2 aliphatic heterocycles. The first kappa shape index (κ1) is 17.9. The number of hydrogen-bond donors (Lipinski definition) is 0. The minimum Gasteiger partial charge on any atom is -0.391 e. The maximum atomic E-state index is 12.7. The van der Waals surface area contributed by atoms with Crippen LogP contribution in [-0.2, 0) is 16.2 Å². The molecule has 1 aromatic carbocycles. The standard InChI is InChI=1S/C20H29N3O2/c1-3-18-13-19(25-21-18)15-23-11-9-17(10-12-23)20(24)22(2)14-16-7-5-4-6-8-16/h4-8,17,19H,3,9-15H2,1-2H3/t19-/m0/s1. The zero-order valence-corrected chi connectivity index (χ0v) is 15.4. The van der Waals surface area contributed by atoms with E-state index in [9.17, 15) is 4.79 Å². The van der Waals surface area contributed by atoms with Gasteiger partial charge in [-0.3, -0.25) is 9.69 Å². The summed E-state index contributed by atoms with van der Waals surface area (Å²) in [5.41, 5.74) is 2.35. The number of rotatable bonds is 6. The number of likely N-dealkylation sites (tertiary alicyclic amines) is 1. The van der Waals surface area contributed by atoms with E-state index in [0.29, 0.717) is 6.54 Å². The fourth-order valence-corrected chi connectivity index (χ4v) is 3.69. The zero-order valence-electron chi connectivity index (χ0n) is 15.4. The first-order chi connectivity index (χ1) is 12.2. The van der Waals surface area contributed by atoms with Crippen molar-refractivity contribution in [3.63, 3.8) is 0 Å². The summed E-state index contributed by atoms with van der Waals surface area (Å²) in [5, 5.41) is 4.14. The predicted molar refractivity (Wildman–Crippen MR) is 99.3 cm³/mol. The summed E-state index contributed by atoms with van der Waals surface area (Å²) in [6.07, 6.45) is 4.00. The molecule has 5 heteroatoms. The van der Waals surface area contributed by atoms with Gasteiger partial charge in [-0.2, -0.15) is 0 Å². The lowest BCUT2D eigenvalue weighted by Gasteiger charge is -2.34. The maximum absolute atomic E-state index is 12.7. The molecule has 0 N–H and O–H groups in total.